The standard InChI is InChI=1S/C12H12Cl2O2S/c1-6(15)8-5-17-12(11(8)16)7-2-3-9(13)10(14)4-7/h2-4,6,12,15-16H,5H2,1H3. The van der Waals surface area contributed by atoms with Gasteiger partial charge in [0.15, 0.2) is 0 Å². The molecular formula is C12H12Cl2O2S. The molecule has 92 valence electrons. The average Bonchev–Trinajstić information content (AvgIpc) is 2.64. The molecule has 0 radical (unpaired) electrons. The highest BCUT2D eigenvalue weighted by Gasteiger charge is 2.29. The number of aliphatic hydroxyl groups is 2. The molecule has 1 aliphatic heterocycles. The predicted octanol–water partition coefficient (Wildman–Crippen LogP) is 3.97. The third-order valence-electron chi connectivity index (χ3n) is 2.73. The highest BCUT2D eigenvalue weighted by atomic mass is 35.5. The van der Waals surface area contributed by atoms with Gasteiger partial charge in [0.2, 0.25) is 0 Å². The van der Waals surface area contributed by atoms with Gasteiger partial charge in [-0.2, -0.15) is 0 Å². The molecule has 2 N–H and O–H groups in total. The fourth-order valence-corrected chi connectivity index (χ4v) is 3.45. The Balaban J connectivity index is 2.33. The molecule has 17 heavy (non-hydrogen) atoms. The smallest absolute Gasteiger partial charge is 0.112 e. The van der Waals surface area contributed by atoms with Crippen molar-refractivity contribution in [3.05, 3.63) is 45.1 Å². The molecule has 2 nitrogen and oxygen atoms in total. The highest BCUT2D eigenvalue weighted by Crippen LogP contribution is 2.44. The van der Waals surface area contributed by atoms with Crippen LogP contribution in [0.2, 0.25) is 10.0 Å². The predicted molar refractivity (Wildman–Crippen MR) is 73.0 cm³/mol. The summed E-state index contributed by atoms with van der Waals surface area (Å²) in [6.45, 7) is 1.66. The summed E-state index contributed by atoms with van der Waals surface area (Å²) >= 11 is 13.4. The third-order valence-corrected chi connectivity index (χ3v) is 4.78. The van der Waals surface area contributed by atoms with Crippen molar-refractivity contribution in [2.24, 2.45) is 0 Å². The Kier molecular flexibility index (Phi) is 3.93. The van der Waals surface area contributed by atoms with Crippen LogP contribution in [0.4, 0.5) is 0 Å². The zero-order valence-electron chi connectivity index (χ0n) is 9.15. The summed E-state index contributed by atoms with van der Waals surface area (Å²) in [5.41, 5.74) is 1.59. The molecule has 1 heterocycles. The lowest BCUT2D eigenvalue weighted by Gasteiger charge is -2.11. The highest BCUT2D eigenvalue weighted by molar-refractivity contribution is 8.00. The van der Waals surface area contributed by atoms with Gasteiger partial charge in [-0.3, -0.25) is 0 Å². The van der Waals surface area contributed by atoms with E-state index in [-0.39, 0.29) is 11.0 Å². The van der Waals surface area contributed by atoms with Gasteiger partial charge in [0.25, 0.3) is 0 Å². The van der Waals surface area contributed by atoms with Gasteiger partial charge in [-0.05, 0) is 24.6 Å². The summed E-state index contributed by atoms with van der Waals surface area (Å²) in [7, 11) is 0. The second-order valence-electron chi connectivity index (χ2n) is 3.95. The molecule has 5 heteroatoms. The summed E-state index contributed by atoms with van der Waals surface area (Å²) in [5.74, 6) is 0.873. The summed E-state index contributed by atoms with van der Waals surface area (Å²) < 4.78 is 0. The SMILES string of the molecule is CC(O)C1=C(O)C(c2ccc(Cl)c(Cl)c2)SC1. The van der Waals surface area contributed by atoms with Gasteiger partial charge in [-0.15, -0.1) is 11.8 Å². The van der Waals surface area contributed by atoms with Gasteiger partial charge in [0.1, 0.15) is 5.76 Å². The van der Waals surface area contributed by atoms with E-state index in [1.54, 1.807) is 30.8 Å². The Labute approximate surface area is 114 Å². The summed E-state index contributed by atoms with van der Waals surface area (Å²) in [5, 5.41) is 20.4. The summed E-state index contributed by atoms with van der Waals surface area (Å²) in [6.07, 6.45) is -0.615. The quantitative estimate of drug-likeness (QED) is 0.866. The number of rotatable bonds is 2. The van der Waals surface area contributed by atoms with Crippen molar-refractivity contribution in [2.45, 2.75) is 18.3 Å². The van der Waals surface area contributed by atoms with Crippen molar-refractivity contribution in [3.8, 4) is 0 Å². The number of thioether (sulfide) groups is 1. The molecule has 1 aliphatic rings. The summed E-state index contributed by atoms with van der Waals surface area (Å²) in [4.78, 5) is 0. The first-order valence-corrected chi connectivity index (χ1v) is 6.97. The molecule has 0 spiro atoms. The van der Waals surface area contributed by atoms with E-state index < -0.39 is 6.10 Å². The van der Waals surface area contributed by atoms with Gasteiger partial charge >= 0.3 is 0 Å². The van der Waals surface area contributed by atoms with E-state index in [1.165, 1.54) is 0 Å². The van der Waals surface area contributed by atoms with E-state index in [0.717, 1.165) is 5.56 Å². The van der Waals surface area contributed by atoms with Gasteiger partial charge < -0.3 is 10.2 Å². The van der Waals surface area contributed by atoms with E-state index in [4.69, 9.17) is 23.2 Å². The topological polar surface area (TPSA) is 40.5 Å². The Morgan fingerprint density at radius 3 is 2.59 bits per heavy atom. The van der Waals surface area contributed by atoms with Crippen molar-refractivity contribution in [2.75, 3.05) is 5.75 Å². The number of aliphatic hydroxyl groups excluding tert-OH is 2. The largest absolute Gasteiger partial charge is 0.511 e. The van der Waals surface area contributed by atoms with E-state index >= 15 is 0 Å². The first kappa shape index (κ1) is 13.1. The van der Waals surface area contributed by atoms with Gasteiger partial charge in [-0.1, -0.05) is 29.3 Å². The molecule has 1 aromatic rings. The molecule has 2 atom stereocenters. The van der Waals surface area contributed by atoms with E-state index in [9.17, 15) is 10.2 Å². The van der Waals surface area contributed by atoms with Crippen LogP contribution in [0.15, 0.2) is 29.5 Å². The lowest BCUT2D eigenvalue weighted by molar-refractivity contribution is 0.223. The second-order valence-corrected chi connectivity index (χ2v) is 5.86. The number of halogens is 2. The number of hydrogen-bond donors (Lipinski definition) is 2. The molecule has 1 aromatic carbocycles. The maximum atomic E-state index is 10.1. The van der Waals surface area contributed by atoms with Gasteiger partial charge in [-0.25, -0.2) is 0 Å². The zero-order valence-corrected chi connectivity index (χ0v) is 11.5. The van der Waals surface area contributed by atoms with Crippen LogP contribution in [0.1, 0.15) is 17.7 Å². The van der Waals surface area contributed by atoms with Crippen LogP contribution in [0.25, 0.3) is 0 Å². The van der Waals surface area contributed by atoms with Gasteiger partial charge in [0, 0.05) is 11.3 Å². The average molecular weight is 291 g/mol. The number of benzene rings is 1. The molecule has 0 saturated heterocycles. The maximum absolute atomic E-state index is 10.1. The van der Waals surface area contributed by atoms with Crippen LogP contribution >= 0.6 is 35.0 Å². The molecule has 0 saturated carbocycles. The Bertz CT molecular complexity index is 472. The lowest BCUT2D eigenvalue weighted by atomic mass is 10.1. The fraction of sp³-hybridized carbons (Fsp3) is 0.333. The van der Waals surface area contributed by atoms with Crippen molar-refractivity contribution < 1.29 is 10.2 Å². The first-order valence-electron chi connectivity index (χ1n) is 5.17. The number of hydrogen-bond acceptors (Lipinski definition) is 3. The third kappa shape index (κ3) is 2.58. The molecule has 2 unspecified atom stereocenters. The van der Waals surface area contributed by atoms with Crippen molar-refractivity contribution in [1.29, 1.82) is 0 Å². The lowest BCUT2D eigenvalue weighted by Crippen LogP contribution is -2.07. The van der Waals surface area contributed by atoms with Crippen LogP contribution in [0.5, 0.6) is 0 Å². The van der Waals surface area contributed by atoms with Gasteiger partial charge in [0.05, 0.1) is 21.4 Å². The normalized spacial score (nSPS) is 22.0. The van der Waals surface area contributed by atoms with Crippen LogP contribution in [-0.4, -0.2) is 22.1 Å². The van der Waals surface area contributed by atoms with E-state index in [0.29, 0.717) is 21.4 Å². The molecule has 2 rings (SSSR count). The monoisotopic (exact) mass is 290 g/mol. The molecule has 0 amide bonds. The Hall–Kier alpha value is -0.350. The molecular weight excluding hydrogens is 279 g/mol. The molecule has 0 aromatic heterocycles. The maximum Gasteiger partial charge on any atom is 0.112 e. The van der Waals surface area contributed by atoms with E-state index in [2.05, 4.69) is 0 Å². The Morgan fingerprint density at radius 1 is 1.35 bits per heavy atom. The van der Waals surface area contributed by atoms with Crippen LogP contribution < -0.4 is 0 Å². The van der Waals surface area contributed by atoms with Crippen LogP contribution in [-0.2, 0) is 0 Å². The molecule has 0 aliphatic carbocycles. The van der Waals surface area contributed by atoms with Crippen molar-refractivity contribution in [3.63, 3.8) is 0 Å². The zero-order chi connectivity index (χ0) is 12.6. The van der Waals surface area contributed by atoms with Crippen LogP contribution in [0.3, 0.4) is 0 Å². The van der Waals surface area contributed by atoms with Crippen molar-refractivity contribution >= 4 is 35.0 Å². The van der Waals surface area contributed by atoms with Crippen LogP contribution in [0, 0.1) is 0 Å². The van der Waals surface area contributed by atoms with E-state index in [1.807, 2.05) is 6.07 Å². The van der Waals surface area contributed by atoms with Crippen molar-refractivity contribution in [1.82, 2.24) is 0 Å². The minimum atomic E-state index is -0.615. The molecule has 0 bridgehead atoms. The summed E-state index contributed by atoms with van der Waals surface area (Å²) in [6, 6.07) is 5.31. The fourth-order valence-electron chi connectivity index (χ4n) is 1.76. The minimum Gasteiger partial charge on any atom is -0.511 e. The molecule has 0 fully saturated rings. The minimum absolute atomic E-state index is 0.158. The Morgan fingerprint density at radius 2 is 2.06 bits per heavy atom. The first-order chi connectivity index (χ1) is 8.00. The second kappa shape index (κ2) is 5.11.